The molecule has 0 aliphatic heterocycles. The summed E-state index contributed by atoms with van der Waals surface area (Å²) in [5.41, 5.74) is -8.83. The number of nitrogens with zero attached hydrogens (tertiary/aromatic N) is 4. The van der Waals surface area contributed by atoms with Crippen LogP contribution in [0.4, 0.5) is 36.8 Å². The molecule has 9 nitrogen and oxygen atoms in total. The fourth-order valence-electron chi connectivity index (χ4n) is 3.98. The number of ether oxygens (including phenoxy) is 1. The molecule has 47 heavy (non-hydrogen) atoms. The monoisotopic (exact) mass is 671 g/mol. The Kier molecular flexibility index (Phi) is 14.2. The number of amides is 1. The number of aliphatic hydroxyl groups is 1. The fraction of sp³-hybridized carbons (Fsp3) is 0.469. The van der Waals surface area contributed by atoms with Crippen LogP contribution in [-0.4, -0.2) is 38.2 Å². The van der Waals surface area contributed by atoms with E-state index >= 15 is 0 Å². The molecule has 0 aliphatic rings. The van der Waals surface area contributed by atoms with Crippen molar-refractivity contribution in [3.05, 3.63) is 71.3 Å². The second kappa shape index (κ2) is 16.4. The first-order valence-corrected chi connectivity index (χ1v) is 14.6. The highest BCUT2D eigenvalue weighted by Crippen LogP contribution is 2.45. The molecule has 2 atom stereocenters. The number of allylic oxidation sites excluding steroid dienone is 1. The summed E-state index contributed by atoms with van der Waals surface area (Å²) in [4.78, 5) is 16.5. The molecular formula is C32H39F6N5O4. The van der Waals surface area contributed by atoms with E-state index in [9.17, 15) is 41.5 Å². The standard InChI is InChI=1S/C28H27F6N5O4.2C2H6/c1-6-7-10-16(14-35)20-18(27(29,30)31)13-19(36-24(40)43-25(3,4)5)21(37-20)22-38-39-23(42-22)26(41,28(32,33)34)17-11-8-9-15(2)12-17;2*1-2/h6,8-9,11-13,16,41H,1,7,10H2,2-5H3,(H,36,40);2*1-2H3. The van der Waals surface area contributed by atoms with Crippen LogP contribution in [0, 0.1) is 18.3 Å². The topological polar surface area (TPSA) is 134 Å². The minimum absolute atomic E-state index is 0.129. The number of aromatic nitrogens is 3. The van der Waals surface area contributed by atoms with Crippen LogP contribution < -0.4 is 5.32 Å². The number of alkyl halides is 6. The summed E-state index contributed by atoms with van der Waals surface area (Å²) in [6.07, 6.45) is -10.3. The highest BCUT2D eigenvalue weighted by Gasteiger charge is 2.60. The summed E-state index contributed by atoms with van der Waals surface area (Å²) in [6, 6.07) is 6.94. The average Bonchev–Trinajstić information content (AvgIpc) is 3.48. The lowest BCUT2D eigenvalue weighted by molar-refractivity contribution is -0.255. The molecule has 258 valence electrons. The normalized spacial score (nSPS) is 13.4. The molecule has 15 heteroatoms. The van der Waals surface area contributed by atoms with E-state index in [1.54, 1.807) is 6.07 Å². The highest BCUT2D eigenvalue weighted by molar-refractivity contribution is 5.89. The van der Waals surface area contributed by atoms with Gasteiger partial charge in [0.05, 0.1) is 28.9 Å². The Morgan fingerprint density at radius 3 is 2.21 bits per heavy atom. The van der Waals surface area contributed by atoms with Crippen LogP contribution >= 0.6 is 0 Å². The van der Waals surface area contributed by atoms with Crippen molar-refractivity contribution in [3.8, 4) is 17.7 Å². The first-order chi connectivity index (χ1) is 21.8. The smallest absolute Gasteiger partial charge is 0.430 e. The zero-order valence-electron chi connectivity index (χ0n) is 27.4. The van der Waals surface area contributed by atoms with E-state index in [0.717, 1.165) is 12.1 Å². The molecule has 2 aromatic heterocycles. The molecule has 0 saturated heterocycles. The number of rotatable bonds is 8. The summed E-state index contributed by atoms with van der Waals surface area (Å²) in [7, 11) is 0. The number of nitrogens with one attached hydrogen (secondary N) is 1. The summed E-state index contributed by atoms with van der Waals surface area (Å²) in [5, 5.41) is 29.5. The van der Waals surface area contributed by atoms with E-state index in [2.05, 4.69) is 27.1 Å². The van der Waals surface area contributed by atoms with Crippen LogP contribution in [0.2, 0.25) is 0 Å². The van der Waals surface area contributed by atoms with E-state index < -0.39 is 75.5 Å². The van der Waals surface area contributed by atoms with Gasteiger partial charge in [0.15, 0.2) is 5.69 Å². The second-order valence-electron chi connectivity index (χ2n) is 10.5. The summed E-state index contributed by atoms with van der Waals surface area (Å²) < 4.78 is 95.8. The van der Waals surface area contributed by atoms with Gasteiger partial charge in [-0.05, 0) is 46.6 Å². The predicted molar refractivity (Wildman–Crippen MR) is 163 cm³/mol. The molecule has 0 saturated carbocycles. The Morgan fingerprint density at radius 1 is 1.11 bits per heavy atom. The van der Waals surface area contributed by atoms with E-state index in [-0.39, 0.29) is 12.8 Å². The van der Waals surface area contributed by atoms with Gasteiger partial charge in [0.2, 0.25) is 0 Å². The van der Waals surface area contributed by atoms with Crippen molar-refractivity contribution in [2.45, 2.75) is 97.7 Å². The van der Waals surface area contributed by atoms with Crippen molar-refractivity contribution in [2.24, 2.45) is 0 Å². The molecule has 2 unspecified atom stereocenters. The molecule has 1 amide bonds. The molecular weight excluding hydrogens is 632 g/mol. The van der Waals surface area contributed by atoms with Gasteiger partial charge in [0.1, 0.15) is 5.60 Å². The number of carbonyl (C=O) groups excluding carboxylic acids is 1. The molecule has 0 fully saturated rings. The Hall–Kier alpha value is -4.45. The van der Waals surface area contributed by atoms with Gasteiger partial charge < -0.3 is 14.3 Å². The zero-order valence-corrected chi connectivity index (χ0v) is 27.4. The molecule has 0 aliphatic carbocycles. The summed E-state index contributed by atoms with van der Waals surface area (Å²) in [6.45, 7) is 17.4. The number of aryl methyl sites for hydroxylation is 1. The maximum Gasteiger partial charge on any atom is 0.430 e. The minimum atomic E-state index is -5.39. The van der Waals surface area contributed by atoms with Gasteiger partial charge >= 0.3 is 18.4 Å². The van der Waals surface area contributed by atoms with Crippen molar-refractivity contribution in [1.29, 1.82) is 5.26 Å². The third-order valence-electron chi connectivity index (χ3n) is 5.92. The van der Waals surface area contributed by atoms with Gasteiger partial charge in [-0.3, -0.25) is 5.32 Å². The minimum Gasteiger partial charge on any atom is -0.444 e. The van der Waals surface area contributed by atoms with Gasteiger partial charge in [-0.1, -0.05) is 63.6 Å². The van der Waals surface area contributed by atoms with Crippen molar-refractivity contribution in [3.63, 3.8) is 0 Å². The van der Waals surface area contributed by atoms with Crippen molar-refractivity contribution < 1.29 is 45.4 Å². The number of anilines is 1. The molecule has 2 N–H and O–H groups in total. The molecule has 0 radical (unpaired) electrons. The average molecular weight is 672 g/mol. The van der Waals surface area contributed by atoms with Crippen LogP contribution in [0.25, 0.3) is 11.6 Å². The Morgan fingerprint density at radius 2 is 1.72 bits per heavy atom. The van der Waals surface area contributed by atoms with E-state index in [1.165, 1.54) is 45.9 Å². The lowest BCUT2D eigenvalue weighted by atomic mass is 9.92. The number of hydrogen-bond acceptors (Lipinski definition) is 8. The molecule has 0 bridgehead atoms. The zero-order chi connectivity index (χ0) is 36.4. The van der Waals surface area contributed by atoms with Gasteiger partial charge in [0.25, 0.3) is 17.4 Å². The highest BCUT2D eigenvalue weighted by atomic mass is 19.4. The number of benzene rings is 1. The molecule has 3 aromatic rings. The predicted octanol–water partition coefficient (Wildman–Crippen LogP) is 9.23. The van der Waals surface area contributed by atoms with Crippen molar-refractivity contribution in [1.82, 2.24) is 15.2 Å². The van der Waals surface area contributed by atoms with Crippen LogP contribution in [0.15, 0.2) is 47.4 Å². The van der Waals surface area contributed by atoms with Crippen LogP contribution in [0.5, 0.6) is 0 Å². The lowest BCUT2D eigenvalue weighted by Gasteiger charge is -2.27. The van der Waals surface area contributed by atoms with Crippen LogP contribution in [0.3, 0.4) is 0 Å². The third kappa shape index (κ3) is 10.0. The van der Waals surface area contributed by atoms with Gasteiger partial charge in [-0.15, -0.1) is 16.8 Å². The van der Waals surface area contributed by atoms with Gasteiger partial charge in [-0.25, -0.2) is 9.78 Å². The molecule has 3 rings (SSSR count). The molecule has 2 heterocycles. The third-order valence-corrected chi connectivity index (χ3v) is 5.92. The first-order valence-electron chi connectivity index (χ1n) is 14.6. The summed E-state index contributed by atoms with van der Waals surface area (Å²) in [5.74, 6) is -3.70. The van der Waals surface area contributed by atoms with Gasteiger partial charge in [0, 0.05) is 5.56 Å². The molecule has 1 aromatic carbocycles. The maximum absolute atomic E-state index is 14.3. The van der Waals surface area contributed by atoms with Gasteiger partial charge in [-0.2, -0.15) is 31.6 Å². The largest absolute Gasteiger partial charge is 0.444 e. The number of hydrogen-bond donors (Lipinski definition) is 2. The summed E-state index contributed by atoms with van der Waals surface area (Å²) >= 11 is 0. The second-order valence-corrected chi connectivity index (χ2v) is 10.5. The van der Waals surface area contributed by atoms with E-state index in [1.807, 2.05) is 27.7 Å². The van der Waals surface area contributed by atoms with Crippen LogP contribution in [0.1, 0.15) is 95.5 Å². The number of pyridine rings is 1. The lowest BCUT2D eigenvalue weighted by Crippen LogP contribution is -2.43. The Bertz CT molecular complexity index is 1540. The first kappa shape index (κ1) is 40.6. The fourth-order valence-corrected chi connectivity index (χ4v) is 3.98. The number of halogens is 6. The SMILES string of the molecule is C=CCCC(C#N)c1nc(-c2nnc(C(O)(c3cccc(C)c3)C(F)(F)F)o2)c(NC(=O)OC(C)(C)C)cc1C(F)(F)F.CC.CC. The van der Waals surface area contributed by atoms with Crippen LogP contribution in [-0.2, 0) is 16.5 Å². The Labute approximate surface area is 269 Å². The van der Waals surface area contributed by atoms with E-state index in [4.69, 9.17) is 9.15 Å². The number of carbonyl (C=O) groups is 1. The quantitative estimate of drug-likeness (QED) is 0.179. The molecule has 0 spiro atoms. The Balaban J connectivity index is 0.00000265. The maximum atomic E-state index is 14.3. The van der Waals surface area contributed by atoms with Crippen molar-refractivity contribution in [2.75, 3.05) is 5.32 Å². The van der Waals surface area contributed by atoms with E-state index in [0.29, 0.717) is 11.6 Å². The van der Waals surface area contributed by atoms with Crippen molar-refractivity contribution >= 4 is 11.8 Å². The number of nitriles is 1.